The lowest BCUT2D eigenvalue weighted by atomic mass is 10.00. The number of carbonyl (C=O) groups is 2. The number of amides is 1. The van der Waals surface area contributed by atoms with Crippen LogP contribution in [0.15, 0.2) is 18.2 Å². The van der Waals surface area contributed by atoms with Crippen LogP contribution in [-0.4, -0.2) is 36.0 Å². The van der Waals surface area contributed by atoms with Gasteiger partial charge in [-0.1, -0.05) is 13.0 Å². The van der Waals surface area contributed by atoms with Crippen molar-refractivity contribution in [3.8, 4) is 0 Å². The highest BCUT2D eigenvalue weighted by atomic mass is 16.5. The minimum atomic E-state index is -0.509. The molecule has 1 atom stereocenters. The van der Waals surface area contributed by atoms with Crippen LogP contribution in [0, 0.1) is 6.92 Å². The molecule has 1 unspecified atom stereocenters. The van der Waals surface area contributed by atoms with E-state index < -0.39 is 5.97 Å². The quantitative estimate of drug-likeness (QED) is 0.685. The first-order chi connectivity index (χ1) is 10.5. The van der Waals surface area contributed by atoms with Crippen LogP contribution in [0.2, 0.25) is 0 Å². The molecule has 1 saturated heterocycles. The van der Waals surface area contributed by atoms with Crippen LogP contribution in [0.1, 0.15) is 48.5 Å². The number of nitrogens with two attached hydrogens (primary N) is 1. The van der Waals surface area contributed by atoms with E-state index in [2.05, 4.69) is 6.92 Å². The fourth-order valence-corrected chi connectivity index (χ4v) is 2.81. The van der Waals surface area contributed by atoms with Crippen LogP contribution < -0.4 is 5.73 Å². The Kier molecular flexibility index (Phi) is 5.41. The van der Waals surface area contributed by atoms with Gasteiger partial charge in [0.05, 0.1) is 5.56 Å². The first-order valence-electron chi connectivity index (χ1n) is 7.85. The molecule has 0 radical (unpaired) electrons. The molecule has 1 aromatic rings. The number of carbonyl (C=O) groups excluding carboxylic acids is 2. The van der Waals surface area contributed by atoms with Crippen molar-refractivity contribution in [2.24, 2.45) is 0 Å². The average Bonchev–Trinajstić information content (AvgIpc) is 2.54. The third-order valence-corrected chi connectivity index (χ3v) is 4.26. The summed E-state index contributed by atoms with van der Waals surface area (Å²) in [6.07, 6.45) is 4.15. The number of esters is 1. The third-order valence-electron chi connectivity index (χ3n) is 4.26. The monoisotopic (exact) mass is 304 g/mol. The summed E-state index contributed by atoms with van der Waals surface area (Å²) in [6, 6.07) is 5.28. The molecule has 120 valence electrons. The predicted octanol–water partition coefficient (Wildman–Crippen LogP) is 2.53. The van der Waals surface area contributed by atoms with Gasteiger partial charge in [0.1, 0.15) is 0 Å². The molecular weight excluding hydrogens is 280 g/mol. The minimum Gasteiger partial charge on any atom is -0.452 e. The van der Waals surface area contributed by atoms with E-state index in [0.717, 1.165) is 37.8 Å². The second kappa shape index (κ2) is 7.29. The molecule has 5 nitrogen and oxygen atoms in total. The lowest BCUT2D eigenvalue weighted by Gasteiger charge is -2.35. The van der Waals surface area contributed by atoms with Crippen molar-refractivity contribution in [2.75, 3.05) is 18.9 Å². The van der Waals surface area contributed by atoms with Crippen molar-refractivity contribution in [1.82, 2.24) is 4.90 Å². The molecule has 0 spiro atoms. The largest absolute Gasteiger partial charge is 0.452 e. The lowest BCUT2D eigenvalue weighted by molar-refractivity contribution is -0.138. The van der Waals surface area contributed by atoms with Crippen molar-refractivity contribution in [3.05, 3.63) is 29.3 Å². The summed E-state index contributed by atoms with van der Waals surface area (Å²) in [5, 5.41) is 0. The van der Waals surface area contributed by atoms with Gasteiger partial charge in [0.2, 0.25) is 0 Å². The van der Waals surface area contributed by atoms with Crippen LogP contribution in [0.25, 0.3) is 0 Å². The Balaban J connectivity index is 1.92. The van der Waals surface area contributed by atoms with Crippen LogP contribution >= 0.6 is 0 Å². The van der Waals surface area contributed by atoms with Crippen molar-refractivity contribution in [1.29, 1.82) is 0 Å². The van der Waals surface area contributed by atoms with E-state index in [4.69, 9.17) is 10.5 Å². The predicted molar refractivity (Wildman–Crippen MR) is 85.5 cm³/mol. The molecule has 1 amide bonds. The Morgan fingerprint density at radius 2 is 2.14 bits per heavy atom. The van der Waals surface area contributed by atoms with E-state index in [1.807, 2.05) is 11.8 Å². The van der Waals surface area contributed by atoms with Gasteiger partial charge in [0.15, 0.2) is 6.61 Å². The van der Waals surface area contributed by atoms with Gasteiger partial charge in [-0.25, -0.2) is 4.79 Å². The Hall–Kier alpha value is -2.04. The zero-order valence-electron chi connectivity index (χ0n) is 13.3. The molecule has 0 saturated carbocycles. The molecule has 5 heteroatoms. The fraction of sp³-hybridized carbons (Fsp3) is 0.529. The number of hydrogen-bond acceptors (Lipinski definition) is 4. The summed E-state index contributed by atoms with van der Waals surface area (Å²) in [7, 11) is 0. The molecule has 2 rings (SSSR count). The van der Waals surface area contributed by atoms with Gasteiger partial charge in [-0.05, 0) is 50.3 Å². The van der Waals surface area contributed by atoms with Gasteiger partial charge in [-0.3, -0.25) is 4.79 Å². The van der Waals surface area contributed by atoms with E-state index in [-0.39, 0.29) is 18.6 Å². The normalized spacial score (nSPS) is 18.1. The third kappa shape index (κ3) is 3.78. The first kappa shape index (κ1) is 16.3. The summed E-state index contributed by atoms with van der Waals surface area (Å²) in [6.45, 7) is 4.50. The number of ether oxygens (including phenoxy) is 1. The van der Waals surface area contributed by atoms with E-state index in [1.165, 1.54) is 0 Å². The van der Waals surface area contributed by atoms with Crippen molar-refractivity contribution < 1.29 is 14.3 Å². The lowest BCUT2D eigenvalue weighted by Crippen LogP contribution is -2.45. The molecule has 1 aliphatic rings. The van der Waals surface area contributed by atoms with E-state index in [0.29, 0.717) is 11.3 Å². The standard InChI is InChI=1S/C17H24N2O3/c1-3-14-6-4-5-9-19(14)16(20)11-22-17(21)13-8-7-12(2)15(18)10-13/h7-8,10,14H,3-6,9,11,18H2,1-2H3. The topological polar surface area (TPSA) is 72.6 Å². The molecule has 1 heterocycles. The Morgan fingerprint density at radius 3 is 2.82 bits per heavy atom. The highest BCUT2D eigenvalue weighted by Gasteiger charge is 2.26. The van der Waals surface area contributed by atoms with Crippen molar-refractivity contribution >= 4 is 17.6 Å². The highest BCUT2D eigenvalue weighted by molar-refractivity contribution is 5.92. The molecule has 1 aliphatic heterocycles. The summed E-state index contributed by atoms with van der Waals surface area (Å²) >= 11 is 0. The van der Waals surface area contributed by atoms with Gasteiger partial charge in [0, 0.05) is 18.3 Å². The molecule has 0 aliphatic carbocycles. The molecule has 22 heavy (non-hydrogen) atoms. The van der Waals surface area contributed by atoms with Crippen LogP contribution in [0.5, 0.6) is 0 Å². The molecular formula is C17H24N2O3. The number of anilines is 1. The summed E-state index contributed by atoms with van der Waals surface area (Å²) in [5.74, 6) is -0.620. The summed E-state index contributed by atoms with van der Waals surface area (Å²) < 4.78 is 5.15. The number of rotatable bonds is 4. The van der Waals surface area contributed by atoms with Gasteiger partial charge in [-0.15, -0.1) is 0 Å². The Bertz CT molecular complexity index is 557. The number of piperidine rings is 1. The van der Waals surface area contributed by atoms with Crippen LogP contribution in [0.4, 0.5) is 5.69 Å². The number of benzene rings is 1. The number of likely N-dealkylation sites (tertiary alicyclic amines) is 1. The van der Waals surface area contributed by atoms with Gasteiger partial charge in [0.25, 0.3) is 5.91 Å². The molecule has 0 aromatic heterocycles. The maximum absolute atomic E-state index is 12.2. The Labute approximate surface area is 131 Å². The zero-order chi connectivity index (χ0) is 16.1. The van der Waals surface area contributed by atoms with Crippen molar-refractivity contribution in [2.45, 2.75) is 45.6 Å². The smallest absolute Gasteiger partial charge is 0.338 e. The average molecular weight is 304 g/mol. The van der Waals surface area contributed by atoms with Gasteiger partial charge < -0.3 is 15.4 Å². The molecule has 0 bridgehead atoms. The van der Waals surface area contributed by atoms with E-state index in [1.54, 1.807) is 18.2 Å². The number of aryl methyl sites for hydroxylation is 1. The summed E-state index contributed by atoms with van der Waals surface area (Å²) in [4.78, 5) is 26.1. The van der Waals surface area contributed by atoms with Crippen LogP contribution in [0.3, 0.4) is 0 Å². The molecule has 2 N–H and O–H groups in total. The Morgan fingerprint density at radius 1 is 1.36 bits per heavy atom. The number of nitrogens with zero attached hydrogens (tertiary/aromatic N) is 1. The van der Waals surface area contributed by atoms with E-state index in [9.17, 15) is 9.59 Å². The molecule has 1 fully saturated rings. The minimum absolute atomic E-state index is 0.111. The highest BCUT2D eigenvalue weighted by Crippen LogP contribution is 2.20. The fourth-order valence-electron chi connectivity index (χ4n) is 2.81. The van der Waals surface area contributed by atoms with Crippen molar-refractivity contribution in [3.63, 3.8) is 0 Å². The maximum atomic E-state index is 12.2. The zero-order valence-corrected chi connectivity index (χ0v) is 13.3. The second-order valence-electron chi connectivity index (χ2n) is 5.79. The maximum Gasteiger partial charge on any atom is 0.338 e. The molecule has 1 aromatic carbocycles. The first-order valence-corrected chi connectivity index (χ1v) is 7.85. The van der Waals surface area contributed by atoms with Gasteiger partial charge >= 0.3 is 5.97 Å². The van der Waals surface area contributed by atoms with Crippen LogP contribution in [-0.2, 0) is 9.53 Å². The number of hydrogen-bond donors (Lipinski definition) is 1. The second-order valence-corrected chi connectivity index (χ2v) is 5.79. The van der Waals surface area contributed by atoms with Gasteiger partial charge in [-0.2, -0.15) is 0 Å². The SMILES string of the molecule is CCC1CCCCN1C(=O)COC(=O)c1ccc(C)c(N)c1. The van der Waals surface area contributed by atoms with E-state index >= 15 is 0 Å². The summed E-state index contributed by atoms with van der Waals surface area (Å²) in [5.41, 5.74) is 7.61. The number of nitrogen functional groups attached to an aromatic ring is 1.